The Bertz CT molecular complexity index is 97.2. The van der Waals surface area contributed by atoms with Crippen molar-refractivity contribution >= 4 is 11.4 Å². The zero-order valence-corrected chi connectivity index (χ0v) is 5.57. The number of rotatable bonds is 2. The van der Waals surface area contributed by atoms with Gasteiger partial charge < -0.3 is 5.73 Å². The van der Waals surface area contributed by atoms with Gasteiger partial charge in [-0.3, -0.25) is 4.55 Å². The predicted molar refractivity (Wildman–Crippen MR) is 30.1 cm³/mol. The van der Waals surface area contributed by atoms with Crippen molar-refractivity contribution in [1.82, 2.24) is 0 Å². The van der Waals surface area contributed by atoms with Crippen LogP contribution < -0.4 is 5.73 Å². The molecule has 8 heavy (non-hydrogen) atoms. The van der Waals surface area contributed by atoms with Crippen LogP contribution in [0.25, 0.3) is 0 Å². The van der Waals surface area contributed by atoms with Crippen molar-refractivity contribution in [2.24, 2.45) is 5.73 Å². The molecule has 4 nitrogen and oxygen atoms in total. The minimum Gasteiger partial charge on any atom is -0.303 e. The maximum Gasteiger partial charge on any atom is 0.303 e. The molecule has 0 radical (unpaired) electrons. The summed E-state index contributed by atoms with van der Waals surface area (Å²) in [5, 5.41) is 0. The standard InChI is InChI=1S/C3H9NO3S/c1-3(2,4)7-8(5)6/h4H2,1-2H3,(H,5,6). The largest absolute Gasteiger partial charge is 0.303 e. The fourth-order valence-corrected chi connectivity index (χ4v) is 0.551. The van der Waals surface area contributed by atoms with Gasteiger partial charge in [-0.25, -0.2) is 4.18 Å². The lowest BCUT2D eigenvalue weighted by atomic mass is 10.4. The van der Waals surface area contributed by atoms with E-state index in [0.717, 1.165) is 0 Å². The van der Waals surface area contributed by atoms with Crippen LogP contribution in [0.15, 0.2) is 0 Å². The molecule has 0 rings (SSSR count). The Morgan fingerprint density at radius 1 is 1.75 bits per heavy atom. The van der Waals surface area contributed by atoms with E-state index in [-0.39, 0.29) is 0 Å². The van der Waals surface area contributed by atoms with Gasteiger partial charge in [0.1, 0.15) is 5.72 Å². The third kappa shape index (κ3) is 6.03. The number of hydrogen-bond donors (Lipinski definition) is 2. The molecule has 0 amide bonds. The van der Waals surface area contributed by atoms with Gasteiger partial charge in [0.2, 0.25) is 0 Å². The van der Waals surface area contributed by atoms with Crippen LogP contribution in [0.4, 0.5) is 0 Å². The first-order valence-electron chi connectivity index (χ1n) is 2.01. The normalized spacial score (nSPS) is 16.0. The van der Waals surface area contributed by atoms with Crippen molar-refractivity contribution in [1.29, 1.82) is 0 Å². The molecule has 0 saturated carbocycles. The fraction of sp³-hybridized carbons (Fsp3) is 1.00. The summed E-state index contributed by atoms with van der Waals surface area (Å²) in [6.07, 6.45) is 0. The highest BCUT2D eigenvalue weighted by Crippen LogP contribution is 1.99. The van der Waals surface area contributed by atoms with E-state index in [9.17, 15) is 4.21 Å². The first-order valence-corrected chi connectivity index (χ1v) is 3.04. The van der Waals surface area contributed by atoms with E-state index in [1.165, 1.54) is 13.8 Å². The monoisotopic (exact) mass is 139 g/mol. The van der Waals surface area contributed by atoms with E-state index in [1.807, 2.05) is 0 Å². The Kier molecular flexibility index (Phi) is 2.55. The zero-order valence-electron chi connectivity index (χ0n) is 4.75. The van der Waals surface area contributed by atoms with Gasteiger partial charge in [-0.15, -0.1) is 0 Å². The van der Waals surface area contributed by atoms with E-state index in [4.69, 9.17) is 10.3 Å². The maximum atomic E-state index is 9.82. The van der Waals surface area contributed by atoms with Gasteiger partial charge in [0, 0.05) is 0 Å². The summed E-state index contributed by atoms with van der Waals surface area (Å²) in [4.78, 5) is 0. The van der Waals surface area contributed by atoms with Crippen molar-refractivity contribution in [3.05, 3.63) is 0 Å². The molecule has 5 heteroatoms. The lowest BCUT2D eigenvalue weighted by molar-refractivity contribution is 0.122. The van der Waals surface area contributed by atoms with E-state index in [2.05, 4.69) is 4.18 Å². The van der Waals surface area contributed by atoms with Gasteiger partial charge in [-0.1, -0.05) is 0 Å². The summed E-state index contributed by atoms with van der Waals surface area (Å²) in [5.41, 5.74) is 4.13. The van der Waals surface area contributed by atoms with Crippen LogP contribution >= 0.6 is 0 Å². The summed E-state index contributed by atoms with van der Waals surface area (Å²) in [5.74, 6) is 0. The summed E-state index contributed by atoms with van der Waals surface area (Å²) in [7, 11) is 0. The second kappa shape index (κ2) is 2.54. The first-order chi connectivity index (χ1) is 3.42. The van der Waals surface area contributed by atoms with Crippen LogP contribution in [0.2, 0.25) is 0 Å². The SMILES string of the molecule is CC(C)(N)OS(=O)O. The van der Waals surface area contributed by atoms with Crippen LogP contribution in [-0.4, -0.2) is 14.5 Å². The molecule has 0 aliphatic heterocycles. The third-order valence-electron chi connectivity index (χ3n) is 0.286. The van der Waals surface area contributed by atoms with Crippen molar-refractivity contribution in [2.45, 2.75) is 19.6 Å². The summed E-state index contributed by atoms with van der Waals surface area (Å²) in [6, 6.07) is 0. The van der Waals surface area contributed by atoms with E-state index in [0.29, 0.717) is 0 Å². The minimum atomic E-state index is -2.26. The highest BCUT2D eigenvalue weighted by atomic mass is 32.2. The molecule has 0 spiro atoms. The average Bonchev–Trinajstić information content (AvgIpc) is 1.21. The summed E-state index contributed by atoms with van der Waals surface area (Å²) < 4.78 is 22.1. The smallest absolute Gasteiger partial charge is 0.303 e. The molecule has 0 saturated heterocycles. The van der Waals surface area contributed by atoms with Crippen LogP contribution in [0.1, 0.15) is 13.8 Å². The molecule has 0 heterocycles. The maximum absolute atomic E-state index is 9.82. The van der Waals surface area contributed by atoms with Crippen LogP contribution in [-0.2, 0) is 15.5 Å². The number of nitrogens with two attached hydrogens (primary N) is 1. The van der Waals surface area contributed by atoms with E-state index in [1.54, 1.807) is 0 Å². The van der Waals surface area contributed by atoms with Gasteiger partial charge >= 0.3 is 11.4 Å². The molecular formula is C3H9NO3S. The van der Waals surface area contributed by atoms with E-state index < -0.39 is 17.1 Å². The third-order valence-corrected chi connectivity index (χ3v) is 0.858. The highest BCUT2D eigenvalue weighted by molar-refractivity contribution is 7.74. The van der Waals surface area contributed by atoms with Gasteiger partial charge in [0.05, 0.1) is 0 Å². The van der Waals surface area contributed by atoms with Crippen molar-refractivity contribution in [3.8, 4) is 0 Å². The summed E-state index contributed by atoms with van der Waals surface area (Å²) in [6.45, 7) is 2.97. The van der Waals surface area contributed by atoms with Crippen LogP contribution in [0, 0.1) is 0 Å². The Balaban J connectivity index is 3.55. The second-order valence-electron chi connectivity index (χ2n) is 1.90. The predicted octanol–water partition coefficient (Wildman–Crippen LogP) is -0.165. The average molecular weight is 139 g/mol. The van der Waals surface area contributed by atoms with E-state index >= 15 is 0 Å². The molecule has 1 unspecified atom stereocenters. The Hall–Kier alpha value is 0.0300. The molecular weight excluding hydrogens is 130 g/mol. The van der Waals surface area contributed by atoms with Crippen molar-refractivity contribution < 1.29 is 12.9 Å². The number of hydrogen-bond acceptors (Lipinski definition) is 3. The lowest BCUT2D eigenvalue weighted by Gasteiger charge is -2.14. The van der Waals surface area contributed by atoms with Crippen LogP contribution in [0.3, 0.4) is 0 Å². The molecule has 0 aliphatic carbocycles. The van der Waals surface area contributed by atoms with Crippen molar-refractivity contribution in [3.63, 3.8) is 0 Å². The lowest BCUT2D eigenvalue weighted by Crippen LogP contribution is -2.35. The molecule has 0 aliphatic rings. The van der Waals surface area contributed by atoms with Gasteiger partial charge in [-0.2, -0.15) is 4.21 Å². The van der Waals surface area contributed by atoms with Gasteiger partial charge in [0.15, 0.2) is 0 Å². The Labute approximate surface area is 50.5 Å². The van der Waals surface area contributed by atoms with Gasteiger partial charge in [0.25, 0.3) is 0 Å². The molecule has 50 valence electrons. The zero-order chi connectivity index (χ0) is 6.78. The van der Waals surface area contributed by atoms with Crippen molar-refractivity contribution in [2.75, 3.05) is 0 Å². The molecule has 0 aromatic heterocycles. The molecule has 0 aromatic rings. The molecule has 0 bridgehead atoms. The highest BCUT2D eigenvalue weighted by Gasteiger charge is 2.13. The Morgan fingerprint density at radius 2 is 2.12 bits per heavy atom. The fourth-order valence-electron chi connectivity index (χ4n) is 0.184. The topological polar surface area (TPSA) is 72.5 Å². The minimum absolute atomic E-state index is 1.03. The quantitative estimate of drug-likeness (QED) is 0.411. The molecule has 0 fully saturated rings. The molecule has 3 N–H and O–H groups in total. The molecule has 1 atom stereocenters. The second-order valence-corrected chi connectivity index (χ2v) is 2.50. The Morgan fingerprint density at radius 3 is 2.12 bits per heavy atom. The molecule has 0 aromatic carbocycles. The van der Waals surface area contributed by atoms with Gasteiger partial charge in [-0.05, 0) is 13.8 Å². The first kappa shape index (κ1) is 8.03. The summed E-state index contributed by atoms with van der Waals surface area (Å²) >= 11 is -2.26. The van der Waals surface area contributed by atoms with Crippen LogP contribution in [0.5, 0.6) is 0 Å².